The summed E-state index contributed by atoms with van der Waals surface area (Å²) in [5.74, 6) is -0.148. The highest BCUT2D eigenvalue weighted by Gasteiger charge is 2.42. The van der Waals surface area contributed by atoms with E-state index in [2.05, 4.69) is 9.80 Å². The number of amides is 1. The number of fused-ring (bicyclic) bond motifs is 3. The maximum Gasteiger partial charge on any atom is 0.251 e. The van der Waals surface area contributed by atoms with Gasteiger partial charge in [0.2, 0.25) is 0 Å². The van der Waals surface area contributed by atoms with Gasteiger partial charge in [-0.15, -0.1) is 0 Å². The predicted molar refractivity (Wildman–Crippen MR) is 84.7 cm³/mol. The van der Waals surface area contributed by atoms with E-state index in [4.69, 9.17) is 0 Å². The highest BCUT2D eigenvalue weighted by molar-refractivity contribution is 6.06. The van der Waals surface area contributed by atoms with E-state index in [0.717, 1.165) is 17.1 Å². The fourth-order valence-corrected chi connectivity index (χ4v) is 3.27. The molecule has 1 amide bonds. The third-order valence-corrected chi connectivity index (χ3v) is 4.45. The average Bonchev–Trinajstić information content (AvgIpc) is 2.99. The van der Waals surface area contributed by atoms with Gasteiger partial charge in [-0.2, -0.15) is 0 Å². The zero-order valence-electron chi connectivity index (χ0n) is 12.2. The number of benzene rings is 2. The first-order valence-electron chi connectivity index (χ1n) is 7.29. The maximum atomic E-state index is 13.1. The average molecular weight is 297 g/mol. The van der Waals surface area contributed by atoms with Gasteiger partial charge in [-0.25, -0.2) is 4.39 Å². The van der Waals surface area contributed by atoms with Crippen LogP contribution in [0.25, 0.3) is 0 Å². The number of anilines is 3. The standard InChI is InChI=1S/C17H16FN3O/c1-19-14-4-2-3-5-15(14)21-11-20(10-16(21)17(19)22)13-8-6-12(18)7-9-13/h2-9,16H,10-11H2,1H3. The highest BCUT2D eigenvalue weighted by Crippen LogP contribution is 2.38. The number of halogens is 1. The van der Waals surface area contributed by atoms with Crippen LogP contribution in [-0.4, -0.2) is 32.2 Å². The topological polar surface area (TPSA) is 26.8 Å². The Bertz CT molecular complexity index is 731. The summed E-state index contributed by atoms with van der Waals surface area (Å²) in [6, 6.07) is 14.2. The molecule has 2 aromatic carbocycles. The Labute approximate surface area is 128 Å². The van der Waals surface area contributed by atoms with Crippen LogP contribution < -0.4 is 14.7 Å². The monoisotopic (exact) mass is 297 g/mol. The van der Waals surface area contributed by atoms with E-state index in [0.29, 0.717) is 13.2 Å². The lowest BCUT2D eigenvalue weighted by Gasteiger charge is -2.36. The smallest absolute Gasteiger partial charge is 0.251 e. The quantitative estimate of drug-likeness (QED) is 0.809. The van der Waals surface area contributed by atoms with Gasteiger partial charge < -0.3 is 14.7 Å². The molecule has 112 valence electrons. The Morgan fingerprint density at radius 2 is 1.73 bits per heavy atom. The van der Waals surface area contributed by atoms with Crippen molar-refractivity contribution in [1.82, 2.24) is 0 Å². The second-order valence-corrected chi connectivity index (χ2v) is 5.71. The van der Waals surface area contributed by atoms with Gasteiger partial charge in [0.15, 0.2) is 0 Å². The molecule has 5 heteroatoms. The Morgan fingerprint density at radius 1 is 1.05 bits per heavy atom. The summed E-state index contributed by atoms with van der Waals surface area (Å²) in [5.41, 5.74) is 2.94. The molecule has 0 saturated carbocycles. The number of carbonyl (C=O) groups is 1. The zero-order valence-corrected chi connectivity index (χ0v) is 12.2. The molecule has 0 spiro atoms. The van der Waals surface area contributed by atoms with Crippen LogP contribution in [0.3, 0.4) is 0 Å². The van der Waals surface area contributed by atoms with Crippen molar-refractivity contribution in [3.8, 4) is 0 Å². The van der Waals surface area contributed by atoms with Crippen molar-refractivity contribution in [2.75, 3.05) is 35.0 Å². The van der Waals surface area contributed by atoms with E-state index in [9.17, 15) is 9.18 Å². The summed E-state index contributed by atoms with van der Waals surface area (Å²) in [5, 5.41) is 0. The van der Waals surface area contributed by atoms with Crippen LogP contribution in [0.4, 0.5) is 21.5 Å². The number of para-hydroxylation sites is 2. The van der Waals surface area contributed by atoms with E-state index in [1.165, 1.54) is 12.1 Å². The van der Waals surface area contributed by atoms with Gasteiger partial charge >= 0.3 is 0 Å². The van der Waals surface area contributed by atoms with E-state index in [-0.39, 0.29) is 17.8 Å². The summed E-state index contributed by atoms with van der Waals surface area (Å²) >= 11 is 0. The fourth-order valence-electron chi connectivity index (χ4n) is 3.27. The SMILES string of the molecule is CN1C(=O)C2CN(c3ccc(F)cc3)CN2c2ccccc21. The van der Waals surface area contributed by atoms with Gasteiger partial charge in [-0.05, 0) is 36.4 Å². The molecule has 0 aromatic heterocycles. The lowest BCUT2D eigenvalue weighted by Crippen LogP contribution is -2.50. The van der Waals surface area contributed by atoms with Crippen molar-refractivity contribution in [3.05, 3.63) is 54.3 Å². The van der Waals surface area contributed by atoms with E-state index in [1.807, 2.05) is 31.3 Å². The van der Waals surface area contributed by atoms with Crippen LogP contribution in [0.5, 0.6) is 0 Å². The molecule has 2 aliphatic heterocycles. The predicted octanol–water partition coefficient (Wildman–Crippen LogP) is 2.45. The molecule has 1 saturated heterocycles. The fraction of sp³-hybridized carbons (Fsp3) is 0.235. The molecule has 0 bridgehead atoms. The minimum Gasteiger partial charge on any atom is -0.351 e. The minimum atomic E-state index is -0.248. The first-order chi connectivity index (χ1) is 10.6. The molecule has 2 heterocycles. The van der Waals surface area contributed by atoms with Crippen LogP contribution in [0.15, 0.2) is 48.5 Å². The number of hydrogen-bond acceptors (Lipinski definition) is 3. The van der Waals surface area contributed by atoms with E-state index < -0.39 is 0 Å². The normalized spacial score (nSPS) is 20.2. The highest BCUT2D eigenvalue weighted by atomic mass is 19.1. The maximum absolute atomic E-state index is 13.1. The van der Waals surface area contributed by atoms with Crippen LogP contribution in [0.1, 0.15) is 0 Å². The third kappa shape index (κ3) is 1.85. The molecule has 2 aliphatic rings. The first kappa shape index (κ1) is 13.1. The summed E-state index contributed by atoms with van der Waals surface area (Å²) in [6.07, 6.45) is 0. The van der Waals surface area contributed by atoms with Crippen molar-refractivity contribution < 1.29 is 9.18 Å². The van der Waals surface area contributed by atoms with Crippen LogP contribution >= 0.6 is 0 Å². The van der Waals surface area contributed by atoms with Crippen molar-refractivity contribution >= 4 is 23.0 Å². The molecule has 4 nitrogen and oxygen atoms in total. The molecule has 2 aromatic rings. The molecule has 0 N–H and O–H groups in total. The van der Waals surface area contributed by atoms with Gasteiger partial charge in [0.1, 0.15) is 11.9 Å². The summed E-state index contributed by atoms with van der Waals surface area (Å²) in [6.45, 7) is 1.25. The molecule has 4 rings (SSSR count). The largest absolute Gasteiger partial charge is 0.351 e. The molecular weight excluding hydrogens is 281 g/mol. The number of carbonyl (C=O) groups excluding carboxylic acids is 1. The minimum absolute atomic E-state index is 0.100. The van der Waals surface area contributed by atoms with Crippen LogP contribution in [0.2, 0.25) is 0 Å². The molecular formula is C17H16FN3O. The van der Waals surface area contributed by atoms with Gasteiger partial charge in [0, 0.05) is 19.3 Å². The Hall–Kier alpha value is -2.56. The zero-order chi connectivity index (χ0) is 15.3. The lowest BCUT2D eigenvalue weighted by molar-refractivity contribution is -0.119. The first-order valence-corrected chi connectivity index (χ1v) is 7.29. The third-order valence-electron chi connectivity index (χ3n) is 4.45. The second kappa shape index (κ2) is 4.73. The Balaban J connectivity index is 1.71. The van der Waals surface area contributed by atoms with Crippen LogP contribution in [-0.2, 0) is 4.79 Å². The van der Waals surface area contributed by atoms with E-state index in [1.54, 1.807) is 17.0 Å². The van der Waals surface area contributed by atoms with Gasteiger partial charge in [0.25, 0.3) is 5.91 Å². The van der Waals surface area contributed by atoms with Gasteiger partial charge in [-0.3, -0.25) is 4.79 Å². The number of hydrogen-bond donors (Lipinski definition) is 0. The molecule has 0 radical (unpaired) electrons. The molecule has 1 fully saturated rings. The summed E-state index contributed by atoms with van der Waals surface area (Å²) in [4.78, 5) is 18.6. The van der Waals surface area contributed by atoms with Gasteiger partial charge in [-0.1, -0.05) is 12.1 Å². The van der Waals surface area contributed by atoms with Crippen LogP contribution in [0, 0.1) is 5.82 Å². The van der Waals surface area contributed by atoms with Crippen molar-refractivity contribution in [1.29, 1.82) is 0 Å². The number of nitrogens with zero attached hydrogens (tertiary/aromatic N) is 3. The molecule has 1 atom stereocenters. The molecule has 22 heavy (non-hydrogen) atoms. The second-order valence-electron chi connectivity index (χ2n) is 5.71. The van der Waals surface area contributed by atoms with Gasteiger partial charge in [0.05, 0.1) is 18.0 Å². The number of likely N-dealkylation sites (N-methyl/N-ethyl adjacent to an activating group) is 1. The number of rotatable bonds is 1. The van der Waals surface area contributed by atoms with E-state index >= 15 is 0 Å². The summed E-state index contributed by atoms with van der Waals surface area (Å²) < 4.78 is 13.1. The molecule has 1 unspecified atom stereocenters. The lowest BCUT2D eigenvalue weighted by atomic mass is 10.1. The van der Waals surface area contributed by atoms with Crippen molar-refractivity contribution in [3.63, 3.8) is 0 Å². The van der Waals surface area contributed by atoms with Crippen molar-refractivity contribution in [2.45, 2.75) is 6.04 Å². The Kier molecular flexibility index (Phi) is 2.82. The molecule has 0 aliphatic carbocycles. The van der Waals surface area contributed by atoms with Crippen molar-refractivity contribution in [2.24, 2.45) is 0 Å². The summed E-state index contributed by atoms with van der Waals surface area (Å²) in [7, 11) is 1.82. The Morgan fingerprint density at radius 3 is 2.45 bits per heavy atom.